The van der Waals surface area contributed by atoms with Gasteiger partial charge in [0.25, 0.3) is 5.56 Å². The van der Waals surface area contributed by atoms with E-state index in [1.807, 2.05) is 17.6 Å². The van der Waals surface area contributed by atoms with E-state index < -0.39 is 5.97 Å². The first-order valence-corrected chi connectivity index (χ1v) is 6.59. The van der Waals surface area contributed by atoms with Gasteiger partial charge in [-0.25, -0.2) is 0 Å². The van der Waals surface area contributed by atoms with Crippen molar-refractivity contribution in [3.05, 3.63) is 33.2 Å². The summed E-state index contributed by atoms with van der Waals surface area (Å²) in [6, 6.07) is 1.94. The maximum Gasteiger partial charge on any atom is 0.303 e. The van der Waals surface area contributed by atoms with Crippen LogP contribution >= 0.6 is 0 Å². The third kappa shape index (κ3) is 2.47. The molecule has 0 bridgehead atoms. The van der Waals surface area contributed by atoms with Gasteiger partial charge in [-0.05, 0) is 50.7 Å². The number of fused-ring (bicyclic) bond motifs is 1. The average Bonchev–Trinajstić information content (AvgIpc) is 2.36. The van der Waals surface area contributed by atoms with Crippen molar-refractivity contribution >= 4 is 5.97 Å². The molecule has 2 rings (SSSR count). The van der Waals surface area contributed by atoms with Crippen LogP contribution in [0.1, 0.15) is 43.0 Å². The van der Waals surface area contributed by atoms with Crippen molar-refractivity contribution in [1.29, 1.82) is 0 Å². The Morgan fingerprint density at radius 1 is 1.39 bits per heavy atom. The second-order valence-electron chi connectivity index (χ2n) is 4.79. The van der Waals surface area contributed by atoms with Crippen LogP contribution in [0.5, 0.6) is 0 Å². The fourth-order valence-corrected chi connectivity index (χ4v) is 2.70. The number of carboxylic acid groups (broad SMARTS) is 1. The van der Waals surface area contributed by atoms with Crippen molar-refractivity contribution in [3.63, 3.8) is 0 Å². The van der Waals surface area contributed by atoms with Crippen molar-refractivity contribution in [2.75, 3.05) is 0 Å². The number of hydrogen-bond acceptors (Lipinski definition) is 2. The van der Waals surface area contributed by atoms with Gasteiger partial charge in [-0.3, -0.25) is 9.59 Å². The van der Waals surface area contributed by atoms with Crippen LogP contribution in [0.15, 0.2) is 10.9 Å². The van der Waals surface area contributed by atoms with Crippen LogP contribution in [0.2, 0.25) is 0 Å². The molecule has 0 unspecified atom stereocenters. The topological polar surface area (TPSA) is 59.3 Å². The molecule has 98 valence electrons. The number of rotatable bonds is 4. The predicted octanol–water partition coefficient (Wildman–Crippen LogP) is 1.76. The van der Waals surface area contributed by atoms with Crippen LogP contribution in [0.25, 0.3) is 0 Å². The molecule has 0 fully saturated rings. The SMILES string of the molecule is CCn1c2c(cc(CCC(=O)O)c1=O)CCCC2. The number of aliphatic carboxylic acids is 1. The van der Waals surface area contributed by atoms with Crippen LogP contribution in [-0.4, -0.2) is 15.6 Å². The summed E-state index contributed by atoms with van der Waals surface area (Å²) in [5.41, 5.74) is 3.05. The van der Waals surface area contributed by atoms with Gasteiger partial charge in [-0.1, -0.05) is 0 Å². The highest BCUT2D eigenvalue weighted by atomic mass is 16.4. The molecule has 0 aliphatic heterocycles. The van der Waals surface area contributed by atoms with E-state index in [4.69, 9.17) is 5.11 Å². The molecule has 1 N–H and O–H groups in total. The molecule has 0 aromatic carbocycles. The van der Waals surface area contributed by atoms with Gasteiger partial charge in [0.1, 0.15) is 0 Å². The van der Waals surface area contributed by atoms with Gasteiger partial charge in [0.15, 0.2) is 0 Å². The molecule has 4 nitrogen and oxygen atoms in total. The molecule has 4 heteroatoms. The maximum absolute atomic E-state index is 12.3. The second-order valence-corrected chi connectivity index (χ2v) is 4.79. The Morgan fingerprint density at radius 3 is 2.78 bits per heavy atom. The normalized spacial score (nSPS) is 14.3. The number of aromatic nitrogens is 1. The minimum Gasteiger partial charge on any atom is -0.481 e. The number of aryl methyl sites for hydroxylation is 2. The highest BCUT2D eigenvalue weighted by Crippen LogP contribution is 2.21. The molecular weight excluding hydrogens is 230 g/mol. The van der Waals surface area contributed by atoms with Crippen LogP contribution in [0.3, 0.4) is 0 Å². The standard InChI is InChI=1S/C14H19NO3/c1-2-15-12-6-4-3-5-10(12)9-11(14(15)18)7-8-13(16)17/h9H,2-8H2,1H3,(H,16,17). The summed E-state index contributed by atoms with van der Waals surface area (Å²) in [4.78, 5) is 22.9. The molecular formula is C14H19NO3. The van der Waals surface area contributed by atoms with Crippen molar-refractivity contribution in [1.82, 2.24) is 4.57 Å². The van der Waals surface area contributed by atoms with Crippen molar-refractivity contribution < 1.29 is 9.90 Å². The molecule has 1 aliphatic carbocycles. The summed E-state index contributed by atoms with van der Waals surface area (Å²) in [5, 5.41) is 8.72. The number of carbonyl (C=O) groups is 1. The molecule has 1 aliphatic rings. The summed E-state index contributed by atoms with van der Waals surface area (Å²) in [7, 11) is 0. The molecule has 1 aromatic rings. The number of carboxylic acids is 1. The van der Waals surface area contributed by atoms with Crippen LogP contribution in [0.4, 0.5) is 0 Å². The highest BCUT2D eigenvalue weighted by Gasteiger charge is 2.17. The van der Waals surface area contributed by atoms with Gasteiger partial charge in [0.2, 0.25) is 0 Å². The summed E-state index contributed by atoms with van der Waals surface area (Å²) in [6.07, 6.45) is 4.64. The minimum absolute atomic E-state index is 0.000556. The molecule has 1 aromatic heterocycles. The Morgan fingerprint density at radius 2 is 2.11 bits per heavy atom. The molecule has 1 heterocycles. The molecule has 0 saturated heterocycles. The van der Waals surface area contributed by atoms with Crippen molar-refractivity contribution in [2.24, 2.45) is 0 Å². The lowest BCUT2D eigenvalue weighted by Gasteiger charge is -2.21. The van der Waals surface area contributed by atoms with Crippen LogP contribution < -0.4 is 5.56 Å². The van der Waals surface area contributed by atoms with Gasteiger partial charge < -0.3 is 9.67 Å². The Balaban J connectivity index is 2.42. The van der Waals surface area contributed by atoms with Gasteiger partial charge in [0, 0.05) is 24.2 Å². The summed E-state index contributed by atoms with van der Waals surface area (Å²) >= 11 is 0. The van der Waals surface area contributed by atoms with Crippen LogP contribution in [0, 0.1) is 0 Å². The van der Waals surface area contributed by atoms with Gasteiger partial charge in [-0.15, -0.1) is 0 Å². The van der Waals surface area contributed by atoms with E-state index in [2.05, 4.69) is 0 Å². The Bertz CT molecular complexity index is 517. The van der Waals surface area contributed by atoms with Crippen molar-refractivity contribution in [3.8, 4) is 0 Å². The predicted molar refractivity (Wildman–Crippen MR) is 69.0 cm³/mol. The second kappa shape index (κ2) is 5.38. The average molecular weight is 249 g/mol. The quantitative estimate of drug-likeness (QED) is 0.884. The van der Waals surface area contributed by atoms with E-state index in [9.17, 15) is 9.59 Å². The van der Waals surface area contributed by atoms with Gasteiger partial charge >= 0.3 is 5.97 Å². The Labute approximate surface area is 106 Å². The summed E-state index contributed by atoms with van der Waals surface area (Å²) < 4.78 is 1.83. The summed E-state index contributed by atoms with van der Waals surface area (Å²) in [5.74, 6) is -0.852. The third-order valence-electron chi connectivity index (χ3n) is 3.60. The molecule has 0 atom stereocenters. The van der Waals surface area contributed by atoms with E-state index >= 15 is 0 Å². The zero-order chi connectivity index (χ0) is 13.1. The van der Waals surface area contributed by atoms with Gasteiger partial charge in [0.05, 0.1) is 0 Å². The van der Waals surface area contributed by atoms with E-state index in [0.29, 0.717) is 18.5 Å². The fourth-order valence-electron chi connectivity index (χ4n) is 2.70. The molecule has 0 amide bonds. The summed E-state index contributed by atoms with van der Waals surface area (Å²) in [6.45, 7) is 2.64. The monoisotopic (exact) mass is 249 g/mol. The Kier molecular flexibility index (Phi) is 3.84. The Hall–Kier alpha value is -1.58. The lowest BCUT2D eigenvalue weighted by molar-refractivity contribution is -0.136. The fraction of sp³-hybridized carbons (Fsp3) is 0.571. The first kappa shape index (κ1) is 12.9. The molecule has 0 spiro atoms. The van der Waals surface area contributed by atoms with E-state index in [1.165, 1.54) is 5.56 Å². The largest absolute Gasteiger partial charge is 0.481 e. The molecule has 0 radical (unpaired) electrons. The third-order valence-corrected chi connectivity index (χ3v) is 3.60. The zero-order valence-electron chi connectivity index (χ0n) is 10.7. The minimum atomic E-state index is -0.852. The van der Waals surface area contributed by atoms with Crippen molar-refractivity contribution in [2.45, 2.75) is 52.0 Å². The number of nitrogens with zero attached hydrogens (tertiary/aromatic N) is 1. The first-order valence-electron chi connectivity index (χ1n) is 6.59. The van der Waals surface area contributed by atoms with E-state index in [1.54, 1.807) is 0 Å². The maximum atomic E-state index is 12.3. The van der Waals surface area contributed by atoms with Gasteiger partial charge in [-0.2, -0.15) is 0 Å². The lowest BCUT2D eigenvalue weighted by Crippen LogP contribution is -2.29. The van der Waals surface area contributed by atoms with E-state index in [-0.39, 0.29) is 12.0 Å². The first-order chi connectivity index (χ1) is 8.63. The van der Waals surface area contributed by atoms with Crippen LogP contribution in [-0.2, 0) is 30.6 Å². The highest BCUT2D eigenvalue weighted by molar-refractivity contribution is 5.67. The molecule has 0 saturated carbocycles. The smallest absolute Gasteiger partial charge is 0.303 e. The zero-order valence-corrected chi connectivity index (χ0v) is 10.7. The van der Waals surface area contributed by atoms with E-state index in [0.717, 1.165) is 31.4 Å². The number of pyridine rings is 1. The number of hydrogen-bond donors (Lipinski definition) is 1. The lowest BCUT2D eigenvalue weighted by atomic mass is 9.93. The molecule has 18 heavy (non-hydrogen) atoms.